The molecule has 2 aromatic carbocycles. The van der Waals surface area contributed by atoms with E-state index in [1.54, 1.807) is 33.4 Å². The summed E-state index contributed by atoms with van der Waals surface area (Å²) in [5, 5.41) is 0. The van der Waals surface area contributed by atoms with Gasteiger partial charge in [0.25, 0.3) is 0 Å². The summed E-state index contributed by atoms with van der Waals surface area (Å²) in [6.07, 6.45) is 3.41. The highest BCUT2D eigenvalue weighted by Crippen LogP contribution is 2.67. The Kier molecular flexibility index (Phi) is 5.80. The smallest absolute Gasteiger partial charge is 0.00103 e. The molecule has 2 unspecified atom stereocenters. The van der Waals surface area contributed by atoms with Crippen LogP contribution in [-0.4, -0.2) is 0 Å². The third kappa shape index (κ3) is 3.01. The molecule has 0 amide bonds. The molecule has 0 bridgehead atoms. The predicted molar refractivity (Wildman–Crippen MR) is 129 cm³/mol. The van der Waals surface area contributed by atoms with Crippen LogP contribution in [0.1, 0.15) is 119 Å². The molecule has 0 radical (unpaired) electrons. The van der Waals surface area contributed by atoms with Crippen LogP contribution in [0.5, 0.6) is 0 Å². The van der Waals surface area contributed by atoms with Crippen LogP contribution in [-0.2, 0) is 30.1 Å². The predicted octanol–water partition coefficient (Wildman–Crippen LogP) is 8.16. The highest BCUT2D eigenvalue weighted by molar-refractivity contribution is 5.62. The molecule has 0 nitrogen and oxygen atoms in total. The second-order valence-electron chi connectivity index (χ2n) is 10.0. The van der Waals surface area contributed by atoms with Crippen molar-refractivity contribution >= 4 is 0 Å². The molecule has 0 heteroatoms. The number of hydrogen-bond donors (Lipinski definition) is 0. The van der Waals surface area contributed by atoms with Gasteiger partial charge in [0.2, 0.25) is 0 Å². The molecule has 0 saturated heterocycles. The average Bonchev–Trinajstić information content (AvgIpc) is 3.08. The van der Waals surface area contributed by atoms with E-state index < -0.39 is 0 Å². The molecule has 2 atom stereocenters. The molecule has 2 aliphatic carbocycles. The molecule has 0 saturated carbocycles. The second kappa shape index (κ2) is 7.60. The minimum Gasteiger partial charge on any atom is -0.0683 e. The third-order valence-electron chi connectivity index (χ3n) is 7.97. The Bertz CT molecular complexity index is 910. The lowest BCUT2D eigenvalue weighted by Crippen LogP contribution is -2.25. The summed E-state index contributed by atoms with van der Waals surface area (Å²) < 4.78 is 0. The van der Waals surface area contributed by atoms with E-state index >= 15 is 0 Å². The van der Waals surface area contributed by atoms with Crippen LogP contribution < -0.4 is 0 Å². The Hall–Kier alpha value is -1.56. The Morgan fingerprint density at radius 1 is 0.621 bits per heavy atom. The average molecular weight is 391 g/mol. The van der Waals surface area contributed by atoms with Crippen molar-refractivity contribution in [3.8, 4) is 0 Å². The largest absolute Gasteiger partial charge is 0.0683 e. The van der Waals surface area contributed by atoms with Gasteiger partial charge in [0.05, 0.1) is 0 Å². The van der Waals surface area contributed by atoms with Crippen molar-refractivity contribution in [3.05, 3.63) is 68.8 Å². The molecule has 0 N–H and O–H groups in total. The maximum Gasteiger partial charge on any atom is 0.00103 e. The zero-order valence-corrected chi connectivity index (χ0v) is 20.6. The lowest BCUT2D eigenvalue weighted by atomic mass is 9.72. The quantitative estimate of drug-likeness (QED) is 0.496. The summed E-state index contributed by atoms with van der Waals surface area (Å²) in [5.41, 5.74) is 13.0. The lowest BCUT2D eigenvalue weighted by molar-refractivity contribution is 0.348. The summed E-state index contributed by atoms with van der Waals surface area (Å²) in [4.78, 5) is 0. The molecular formula is C29H42. The van der Waals surface area contributed by atoms with Gasteiger partial charge in [0.1, 0.15) is 0 Å². The topological polar surface area (TPSA) is 0 Å². The lowest BCUT2D eigenvalue weighted by Gasteiger charge is -2.31. The Morgan fingerprint density at radius 2 is 1.00 bits per heavy atom. The number of hydrogen-bond acceptors (Lipinski definition) is 0. The fraction of sp³-hybridized carbons (Fsp3) is 0.586. The van der Waals surface area contributed by atoms with Gasteiger partial charge in [-0.1, -0.05) is 86.6 Å². The van der Waals surface area contributed by atoms with Crippen molar-refractivity contribution in [1.82, 2.24) is 0 Å². The molecule has 0 spiro atoms. The van der Waals surface area contributed by atoms with Crippen LogP contribution in [0, 0.1) is 6.92 Å². The minimum absolute atomic E-state index is 0.193. The highest BCUT2D eigenvalue weighted by Gasteiger charge is 2.58. The standard InChI is InChI=1S/C27H36.C2H6/c1-9-17-13-20-22(12-16(17)4)26(5,6)25-21-14-18(10-2)19(11-3)15-23(21)27(7,8)24(20)25;1-2/h12-15,24-25H,9-11H2,1-8H3;1-2H3. The number of fused-ring (bicyclic) bond motifs is 5. The zero-order valence-electron chi connectivity index (χ0n) is 20.6. The van der Waals surface area contributed by atoms with Gasteiger partial charge in [0.15, 0.2) is 0 Å². The molecule has 0 fully saturated rings. The summed E-state index contributed by atoms with van der Waals surface area (Å²) in [5.74, 6) is 1.19. The monoisotopic (exact) mass is 390 g/mol. The molecule has 29 heavy (non-hydrogen) atoms. The Labute approximate surface area is 180 Å². The molecule has 0 aromatic heterocycles. The first kappa shape index (κ1) is 22.1. The fourth-order valence-electron chi connectivity index (χ4n) is 6.46. The van der Waals surface area contributed by atoms with Crippen LogP contribution in [0.25, 0.3) is 0 Å². The van der Waals surface area contributed by atoms with E-state index in [0.717, 1.165) is 19.3 Å². The second-order valence-corrected chi connectivity index (χ2v) is 10.0. The van der Waals surface area contributed by atoms with E-state index in [1.807, 2.05) is 13.8 Å². The summed E-state index contributed by atoms with van der Waals surface area (Å²) >= 11 is 0. The van der Waals surface area contributed by atoms with Crippen LogP contribution in [0.4, 0.5) is 0 Å². The Morgan fingerprint density at radius 3 is 1.45 bits per heavy atom. The molecule has 2 aliphatic rings. The van der Waals surface area contributed by atoms with E-state index in [1.165, 1.54) is 11.1 Å². The Balaban J connectivity index is 0.00000117. The van der Waals surface area contributed by atoms with Gasteiger partial charge in [-0.3, -0.25) is 0 Å². The van der Waals surface area contributed by atoms with E-state index in [9.17, 15) is 0 Å². The van der Waals surface area contributed by atoms with Crippen molar-refractivity contribution < 1.29 is 0 Å². The van der Waals surface area contributed by atoms with Gasteiger partial charge in [-0.05, 0) is 81.5 Å². The molecule has 0 aliphatic heterocycles. The first-order valence-corrected chi connectivity index (χ1v) is 12.0. The van der Waals surface area contributed by atoms with Crippen molar-refractivity contribution in [2.75, 3.05) is 0 Å². The fourth-order valence-corrected chi connectivity index (χ4v) is 6.46. The van der Waals surface area contributed by atoms with Gasteiger partial charge >= 0.3 is 0 Å². The first-order valence-electron chi connectivity index (χ1n) is 12.0. The van der Waals surface area contributed by atoms with Gasteiger partial charge in [0, 0.05) is 11.8 Å². The minimum atomic E-state index is 0.193. The maximum absolute atomic E-state index is 2.59. The van der Waals surface area contributed by atoms with Crippen molar-refractivity contribution in [3.63, 3.8) is 0 Å². The molecule has 4 rings (SSSR count). The van der Waals surface area contributed by atoms with Gasteiger partial charge < -0.3 is 0 Å². The normalized spacial score (nSPS) is 22.4. The third-order valence-corrected chi connectivity index (χ3v) is 7.97. The number of benzene rings is 2. The van der Waals surface area contributed by atoms with Crippen molar-refractivity contribution in [1.29, 1.82) is 0 Å². The molecule has 0 heterocycles. The van der Waals surface area contributed by atoms with E-state index in [0.29, 0.717) is 11.8 Å². The maximum atomic E-state index is 2.59. The van der Waals surface area contributed by atoms with Crippen molar-refractivity contribution in [2.45, 2.75) is 111 Å². The van der Waals surface area contributed by atoms with Gasteiger partial charge in [-0.25, -0.2) is 0 Å². The van der Waals surface area contributed by atoms with Crippen LogP contribution in [0.3, 0.4) is 0 Å². The van der Waals surface area contributed by atoms with E-state index in [-0.39, 0.29) is 10.8 Å². The van der Waals surface area contributed by atoms with Gasteiger partial charge in [-0.2, -0.15) is 0 Å². The molecule has 2 aromatic rings. The van der Waals surface area contributed by atoms with E-state index in [2.05, 4.69) is 79.7 Å². The number of aryl methyl sites for hydroxylation is 4. The van der Waals surface area contributed by atoms with Crippen LogP contribution in [0.15, 0.2) is 24.3 Å². The number of rotatable bonds is 3. The summed E-state index contributed by atoms with van der Waals surface area (Å²) in [7, 11) is 0. The van der Waals surface area contributed by atoms with Crippen LogP contribution >= 0.6 is 0 Å². The first-order chi connectivity index (χ1) is 13.7. The molecular weight excluding hydrogens is 348 g/mol. The SMILES string of the molecule is CC.CCc1cc2c(cc1C)C(C)(C)C1c3cc(CC)c(CC)cc3C(C)(C)C21. The van der Waals surface area contributed by atoms with Gasteiger partial charge in [-0.15, -0.1) is 0 Å². The highest BCUT2D eigenvalue weighted by atomic mass is 14.6. The zero-order chi connectivity index (χ0) is 21.7. The van der Waals surface area contributed by atoms with E-state index in [4.69, 9.17) is 0 Å². The van der Waals surface area contributed by atoms with Crippen molar-refractivity contribution in [2.24, 2.45) is 0 Å². The summed E-state index contributed by atoms with van der Waals surface area (Å²) in [6.45, 7) is 23.2. The van der Waals surface area contributed by atoms with Crippen LogP contribution in [0.2, 0.25) is 0 Å². The molecule has 158 valence electrons. The summed E-state index contributed by atoms with van der Waals surface area (Å²) in [6, 6.07) is 10.2.